The van der Waals surface area contributed by atoms with Crippen molar-refractivity contribution in [3.05, 3.63) is 56.8 Å². The predicted octanol–water partition coefficient (Wildman–Crippen LogP) is 5.35. The average Bonchev–Trinajstić information content (AvgIpc) is 2.65. The number of rotatable bonds is 11. The zero-order valence-corrected chi connectivity index (χ0v) is 17.8. The van der Waals surface area contributed by atoms with Crippen LogP contribution in [0.3, 0.4) is 0 Å². The lowest BCUT2D eigenvalue weighted by Crippen LogP contribution is -2.17. The molecule has 0 aliphatic carbocycles. The van der Waals surface area contributed by atoms with E-state index in [1.54, 1.807) is 25.3 Å². The molecule has 0 fully saturated rings. The van der Waals surface area contributed by atoms with Crippen LogP contribution in [0.15, 0.2) is 34.8 Å². The van der Waals surface area contributed by atoms with Crippen LogP contribution < -0.4 is 14.8 Å². The molecule has 0 bridgehead atoms. The van der Waals surface area contributed by atoms with Crippen molar-refractivity contribution in [3.63, 3.8) is 0 Å². The number of hydrogen-bond donors (Lipinski definition) is 1. The standard InChI is InChI=1S/C20H24BrClFNO3/c1-3-26-11-5-10-24-12-14-16(21)8-9-19(25-2)20(14)27-13-15-17(22)6-4-7-18(15)23/h4,6-9,24H,3,5,10-13H2,1-2H3. The highest BCUT2D eigenvalue weighted by molar-refractivity contribution is 9.10. The third kappa shape index (κ3) is 6.35. The van der Waals surface area contributed by atoms with Crippen LogP contribution in [0.25, 0.3) is 0 Å². The quantitative estimate of drug-likeness (QED) is 0.459. The molecular formula is C20H24BrClFNO3. The zero-order chi connectivity index (χ0) is 19.6. The van der Waals surface area contributed by atoms with Gasteiger partial charge in [0, 0.05) is 35.4 Å². The molecule has 0 atom stereocenters. The van der Waals surface area contributed by atoms with Crippen molar-refractivity contribution in [3.8, 4) is 11.5 Å². The summed E-state index contributed by atoms with van der Waals surface area (Å²) in [5.41, 5.74) is 1.22. The fourth-order valence-electron chi connectivity index (χ4n) is 2.54. The molecule has 27 heavy (non-hydrogen) atoms. The van der Waals surface area contributed by atoms with Crippen LogP contribution in [0.5, 0.6) is 11.5 Å². The SMILES string of the molecule is CCOCCCNCc1c(Br)ccc(OC)c1OCc1c(F)cccc1Cl. The summed E-state index contributed by atoms with van der Waals surface area (Å²) in [6, 6.07) is 8.28. The first-order chi connectivity index (χ1) is 13.1. The summed E-state index contributed by atoms with van der Waals surface area (Å²) in [5.74, 6) is 0.743. The van der Waals surface area contributed by atoms with Crippen molar-refractivity contribution in [2.75, 3.05) is 26.9 Å². The van der Waals surface area contributed by atoms with E-state index >= 15 is 0 Å². The Morgan fingerprint density at radius 2 is 2.00 bits per heavy atom. The number of benzene rings is 2. The summed E-state index contributed by atoms with van der Waals surface area (Å²) in [6.45, 7) is 4.81. The highest BCUT2D eigenvalue weighted by Crippen LogP contribution is 2.37. The molecule has 0 saturated heterocycles. The number of halogens is 3. The van der Waals surface area contributed by atoms with Gasteiger partial charge in [-0.2, -0.15) is 0 Å². The molecule has 0 spiro atoms. The second-order valence-electron chi connectivity index (χ2n) is 5.77. The number of hydrogen-bond acceptors (Lipinski definition) is 4. The molecule has 2 aromatic rings. The molecule has 4 nitrogen and oxygen atoms in total. The van der Waals surface area contributed by atoms with Crippen molar-refractivity contribution in [1.82, 2.24) is 5.32 Å². The molecule has 2 aromatic carbocycles. The Labute approximate surface area is 173 Å². The summed E-state index contributed by atoms with van der Waals surface area (Å²) in [4.78, 5) is 0. The van der Waals surface area contributed by atoms with Gasteiger partial charge in [-0.1, -0.05) is 33.6 Å². The molecule has 0 aromatic heterocycles. The molecule has 2 rings (SSSR count). The van der Waals surface area contributed by atoms with Crippen LogP contribution in [0.2, 0.25) is 5.02 Å². The van der Waals surface area contributed by atoms with E-state index in [2.05, 4.69) is 21.2 Å². The molecule has 7 heteroatoms. The second-order valence-corrected chi connectivity index (χ2v) is 7.04. The molecular weight excluding hydrogens is 437 g/mol. The lowest BCUT2D eigenvalue weighted by atomic mass is 10.1. The van der Waals surface area contributed by atoms with Crippen molar-refractivity contribution in [2.45, 2.75) is 26.5 Å². The zero-order valence-electron chi connectivity index (χ0n) is 15.5. The minimum atomic E-state index is -0.396. The van der Waals surface area contributed by atoms with Gasteiger partial charge in [0.2, 0.25) is 0 Å². The van der Waals surface area contributed by atoms with Crippen LogP contribution in [-0.4, -0.2) is 26.9 Å². The second kappa shape index (κ2) is 11.5. The van der Waals surface area contributed by atoms with E-state index < -0.39 is 5.82 Å². The van der Waals surface area contributed by atoms with E-state index in [9.17, 15) is 4.39 Å². The van der Waals surface area contributed by atoms with Crippen LogP contribution in [0, 0.1) is 5.82 Å². The molecule has 1 N–H and O–H groups in total. The van der Waals surface area contributed by atoms with Gasteiger partial charge in [0.15, 0.2) is 11.5 Å². The molecule has 0 unspecified atom stereocenters. The Hall–Kier alpha value is -1.34. The Morgan fingerprint density at radius 3 is 2.70 bits per heavy atom. The monoisotopic (exact) mass is 459 g/mol. The average molecular weight is 461 g/mol. The Bertz CT molecular complexity index is 725. The molecule has 148 valence electrons. The van der Waals surface area contributed by atoms with E-state index in [1.807, 2.05) is 13.0 Å². The Balaban J connectivity index is 2.12. The Morgan fingerprint density at radius 1 is 1.19 bits per heavy atom. The third-order valence-electron chi connectivity index (χ3n) is 3.96. The van der Waals surface area contributed by atoms with E-state index in [4.69, 9.17) is 25.8 Å². The minimum absolute atomic E-state index is 0.00958. The first-order valence-electron chi connectivity index (χ1n) is 8.78. The maximum absolute atomic E-state index is 14.0. The van der Waals surface area contributed by atoms with Crippen molar-refractivity contribution in [2.24, 2.45) is 0 Å². The first kappa shape index (κ1) is 22.0. The third-order valence-corrected chi connectivity index (χ3v) is 5.05. The van der Waals surface area contributed by atoms with Crippen LogP contribution in [0.4, 0.5) is 4.39 Å². The Kier molecular flexibility index (Phi) is 9.34. The fourth-order valence-corrected chi connectivity index (χ4v) is 3.21. The molecule has 0 aliphatic heterocycles. The summed E-state index contributed by atoms with van der Waals surface area (Å²) in [5, 5.41) is 3.70. The van der Waals surface area contributed by atoms with Crippen LogP contribution in [-0.2, 0) is 17.9 Å². The van der Waals surface area contributed by atoms with Gasteiger partial charge in [-0.3, -0.25) is 0 Å². The van der Waals surface area contributed by atoms with Gasteiger partial charge in [-0.25, -0.2) is 4.39 Å². The van der Waals surface area contributed by atoms with Crippen LogP contribution >= 0.6 is 27.5 Å². The van der Waals surface area contributed by atoms with Gasteiger partial charge in [0.05, 0.1) is 12.1 Å². The molecule has 0 heterocycles. The van der Waals surface area contributed by atoms with Gasteiger partial charge in [0.1, 0.15) is 12.4 Å². The topological polar surface area (TPSA) is 39.7 Å². The van der Waals surface area contributed by atoms with E-state index in [0.717, 1.165) is 36.2 Å². The summed E-state index contributed by atoms with van der Waals surface area (Å²) in [6.07, 6.45) is 0.913. The number of ether oxygens (including phenoxy) is 3. The maximum atomic E-state index is 14.0. The smallest absolute Gasteiger partial charge is 0.167 e. The van der Waals surface area contributed by atoms with E-state index in [0.29, 0.717) is 28.6 Å². The molecule has 0 radical (unpaired) electrons. The molecule has 0 saturated carbocycles. The van der Waals surface area contributed by atoms with Gasteiger partial charge in [-0.05, 0) is 44.2 Å². The van der Waals surface area contributed by atoms with Gasteiger partial charge < -0.3 is 19.5 Å². The normalized spacial score (nSPS) is 10.9. The van der Waals surface area contributed by atoms with E-state index in [-0.39, 0.29) is 6.61 Å². The van der Waals surface area contributed by atoms with E-state index in [1.165, 1.54) is 6.07 Å². The molecule has 0 aliphatic rings. The number of methoxy groups -OCH3 is 1. The van der Waals surface area contributed by atoms with Crippen molar-refractivity contribution >= 4 is 27.5 Å². The van der Waals surface area contributed by atoms with Crippen molar-refractivity contribution < 1.29 is 18.6 Å². The van der Waals surface area contributed by atoms with Gasteiger partial charge in [-0.15, -0.1) is 0 Å². The lowest BCUT2D eigenvalue weighted by Gasteiger charge is -2.18. The van der Waals surface area contributed by atoms with Crippen LogP contribution in [0.1, 0.15) is 24.5 Å². The highest BCUT2D eigenvalue weighted by Gasteiger charge is 2.16. The maximum Gasteiger partial charge on any atom is 0.167 e. The highest BCUT2D eigenvalue weighted by atomic mass is 79.9. The summed E-state index contributed by atoms with van der Waals surface area (Å²) in [7, 11) is 1.57. The minimum Gasteiger partial charge on any atom is -0.493 e. The summed E-state index contributed by atoms with van der Waals surface area (Å²) < 4.78 is 31.6. The summed E-state index contributed by atoms with van der Waals surface area (Å²) >= 11 is 9.66. The van der Waals surface area contributed by atoms with Crippen molar-refractivity contribution in [1.29, 1.82) is 0 Å². The number of nitrogens with one attached hydrogen (secondary N) is 1. The van der Waals surface area contributed by atoms with Gasteiger partial charge >= 0.3 is 0 Å². The van der Waals surface area contributed by atoms with Gasteiger partial charge in [0.25, 0.3) is 0 Å². The molecule has 0 amide bonds. The first-order valence-corrected chi connectivity index (χ1v) is 9.95. The largest absolute Gasteiger partial charge is 0.493 e. The predicted molar refractivity (Wildman–Crippen MR) is 109 cm³/mol. The lowest BCUT2D eigenvalue weighted by molar-refractivity contribution is 0.144. The fraction of sp³-hybridized carbons (Fsp3) is 0.400.